The molecule has 19 heavy (non-hydrogen) atoms. The average Bonchev–Trinajstić information content (AvgIpc) is 2.37. The van der Waals surface area contributed by atoms with Crippen molar-refractivity contribution in [2.75, 3.05) is 12.4 Å². The van der Waals surface area contributed by atoms with Crippen LogP contribution in [0, 0.1) is 0 Å². The smallest absolute Gasteiger partial charge is 0.339 e. The molecular weight excluding hydrogens is 268 g/mol. The van der Waals surface area contributed by atoms with Crippen LogP contribution in [0.15, 0.2) is 18.2 Å². The standard InChI is InChI=1S/C13H17ClN2O3/c1-3-9(15)7-12(17)16-11-6-8(14)4-5-10(11)13(18)19-2/h4-6,9H,3,7,15H2,1-2H3,(H,16,17). The van der Waals surface area contributed by atoms with Gasteiger partial charge in [-0.15, -0.1) is 0 Å². The maximum atomic E-state index is 11.8. The summed E-state index contributed by atoms with van der Waals surface area (Å²) < 4.78 is 4.64. The summed E-state index contributed by atoms with van der Waals surface area (Å²) in [6, 6.07) is 4.36. The molecule has 3 N–H and O–H groups in total. The van der Waals surface area contributed by atoms with Crippen molar-refractivity contribution in [3.63, 3.8) is 0 Å². The van der Waals surface area contributed by atoms with E-state index in [1.54, 1.807) is 6.07 Å². The number of hydrogen-bond donors (Lipinski definition) is 2. The van der Waals surface area contributed by atoms with Gasteiger partial charge in [0.2, 0.25) is 5.91 Å². The van der Waals surface area contributed by atoms with Crippen molar-refractivity contribution in [1.29, 1.82) is 0 Å². The van der Waals surface area contributed by atoms with Crippen LogP contribution in [0.3, 0.4) is 0 Å². The van der Waals surface area contributed by atoms with E-state index >= 15 is 0 Å². The molecule has 1 aromatic rings. The number of ether oxygens (including phenoxy) is 1. The van der Waals surface area contributed by atoms with Crippen molar-refractivity contribution in [3.05, 3.63) is 28.8 Å². The summed E-state index contributed by atoms with van der Waals surface area (Å²) in [4.78, 5) is 23.3. The van der Waals surface area contributed by atoms with E-state index in [0.717, 1.165) is 0 Å². The molecule has 1 amide bonds. The summed E-state index contributed by atoms with van der Waals surface area (Å²) in [6.45, 7) is 1.90. The maximum absolute atomic E-state index is 11.8. The van der Waals surface area contributed by atoms with Crippen molar-refractivity contribution >= 4 is 29.2 Å². The molecule has 0 aliphatic rings. The summed E-state index contributed by atoms with van der Waals surface area (Å²) in [7, 11) is 1.27. The Bertz CT molecular complexity index is 477. The number of hydrogen-bond acceptors (Lipinski definition) is 4. The molecule has 0 aliphatic heterocycles. The maximum Gasteiger partial charge on any atom is 0.339 e. The quantitative estimate of drug-likeness (QED) is 0.812. The lowest BCUT2D eigenvalue weighted by atomic mass is 10.1. The lowest BCUT2D eigenvalue weighted by Gasteiger charge is -2.12. The van der Waals surface area contributed by atoms with Crippen molar-refractivity contribution in [1.82, 2.24) is 0 Å². The summed E-state index contributed by atoms with van der Waals surface area (Å²) in [5, 5.41) is 3.05. The Balaban J connectivity index is 2.89. The van der Waals surface area contributed by atoms with Crippen LogP contribution in [0.1, 0.15) is 30.1 Å². The van der Waals surface area contributed by atoms with Crippen molar-refractivity contribution in [2.45, 2.75) is 25.8 Å². The second-order valence-corrected chi connectivity index (χ2v) is 4.54. The van der Waals surface area contributed by atoms with Crippen LogP contribution >= 0.6 is 11.6 Å². The van der Waals surface area contributed by atoms with Crippen LogP contribution in [0.5, 0.6) is 0 Å². The van der Waals surface area contributed by atoms with Crippen molar-refractivity contribution < 1.29 is 14.3 Å². The van der Waals surface area contributed by atoms with Gasteiger partial charge in [0.25, 0.3) is 0 Å². The summed E-state index contributed by atoms with van der Waals surface area (Å²) in [5.41, 5.74) is 6.28. The number of methoxy groups -OCH3 is 1. The highest BCUT2D eigenvalue weighted by atomic mass is 35.5. The van der Waals surface area contributed by atoms with Gasteiger partial charge >= 0.3 is 5.97 Å². The van der Waals surface area contributed by atoms with Crippen molar-refractivity contribution in [3.8, 4) is 0 Å². The Labute approximate surface area is 117 Å². The molecule has 0 saturated carbocycles. The third kappa shape index (κ3) is 4.54. The van der Waals surface area contributed by atoms with Gasteiger partial charge in [0.15, 0.2) is 0 Å². The zero-order valence-corrected chi connectivity index (χ0v) is 11.7. The van der Waals surface area contributed by atoms with Crippen LogP contribution in [0.4, 0.5) is 5.69 Å². The number of halogens is 1. The second-order valence-electron chi connectivity index (χ2n) is 4.10. The van der Waals surface area contributed by atoms with Gasteiger partial charge in [-0.05, 0) is 24.6 Å². The Morgan fingerprint density at radius 3 is 2.74 bits per heavy atom. The number of carbonyl (C=O) groups is 2. The summed E-state index contributed by atoms with van der Waals surface area (Å²) in [6.07, 6.45) is 0.885. The highest BCUT2D eigenvalue weighted by molar-refractivity contribution is 6.31. The number of esters is 1. The molecule has 0 bridgehead atoms. The predicted molar refractivity (Wildman–Crippen MR) is 74.3 cm³/mol. The van der Waals surface area contributed by atoms with Crippen LogP contribution in [-0.2, 0) is 9.53 Å². The molecule has 0 aliphatic carbocycles. The fraction of sp³-hybridized carbons (Fsp3) is 0.385. The molecular formula is C13H17ClN2O3. The minimum absolute atomic E-state index is 0.184. The average molecular weight is 285 g/mol. The van der Waals surface area contributed by atoms with Crippen molar-refractivity contribution in [2.24, 2.45) is 5.73 Å². The number of amides is 1. The normalized spacial score (nSPS) is 11.8. The number of rotatable bonds is 5. The number of anilines is 1. The first kappa shape index (κ1) is 15.5. The molecule has 0 saturated heterocycles. The minimum atomic E-state index is -0.535. The fourth-order valence-electron chi connectivity index (χ4n) is 1.49. The predicted octanol–water partition coefficient (Wildman–Crippen LogP) is 2.19. The first-order valence-electron chi connectivity index (χ1n) is 5.91. The lowest BCUT2D eigenvalue weighted by Crippen LogP contribution is -2.26. The van der Waals surface area contributed by atoms with E-state index in [0.29, 0.717) is 17.1 Å². The van der Waals surface area contributed by atoms with Gasteiger partial charge in [-0.25, -0.2) is 4.79 Å². The Morgan fingerprint density at radius 2 is 2.16 bits per heavy atom. The van der Waals surface area contributed by atoms with E-state index in [9.17, 15) is 9.59 Å². The van der Waals surface area contributed by atoms with Crippen LogP contribution in [-0.4, -0.2) is 25.0 Å². The zero-order valence-electron chi connectivity index (χ0n) is 10.9. The van der Waals surface area contributed by atoms with Gasteiger partial charge in [-0.3, -0.25) is 4.79 Å². The summed E-state index contributed by atoms with van der Waals surface area (Å²) >= 11 is 5.85. The molecule has 6 heteroatoms. The van der Waals surface area contributed by atoms with E-state index < -0.39 is 5.97 Å². The number of benzene rings is 1. The fourth-order valence-corrected chi connectivity index (χ4v) is 1.66. The highest BCUT2D eigenvalue weighted by Gasteiger charge is 2.15. The second kappa shape index (κ2) is 7.11. The molecule has 0 aromatic heterocycles. The van der Waals surface area contributed by atoms with Gasteiger partial charge < -0.3 is 15.8 Å². The summed E-state index contributed by atoms with van der Waals surface area (Å²) in [5.74, 6) is -0.798. The van der Waals surface area contributed by atoms with E-state index in [1.807, 2.05) is 6.92 Å². The molecule has 1 atom stereocenters. The van der Waals surface area contributed by atoms with E-state index in [1.165, 1.54) is 19.2 Å². The van der Waals surface area contributed by atoms with E-state index in [2.05, 4.69) is 10.1 Å². The van der Waals surface area contributed by atoms with Crippen LogP contribution < -0.4 is 11.1 Å². The Kier molecular flexibility index (Phi) is 5.79. The lowest BCUT2D eigenvalue weighted by molar-refractivity contribution is -0.116. The number of carbonyl (C=O) groups excluding carboxylic acids is 2. The Morgan fingerprint density at radius 1 is 1.47 bits per heavy atom. The largest absolute Gasteiger partial charge is 0.465 e. The third-order valence-corrected chi connectivity index (χ3v) is 2.87. The number of nitrogens with one attached hydrogen (secondary N) is 1. The van der Waals surface area contributed by atoms with Gasteiger partial charge in [-0.2, -0.15) is 0 Å². The van der Waals surface area contributed by atoms with Crippen LogP contribution in [0.25, 0.3) is 0 Å². The van der Waals surface area contributed by atoms with Gasteiger partial charge in [-0.1, -0.05) is 18.5 Å². The molecule has 104 valence electrons. The van der Waals surface area contributed by atoms with E-state index in [4.69, 9.17) is 17.3 Å². The topological polar surface area (TPSA) is 81.4 Å². The third-order valence-electron chi connectivity index (χ3n) is 2.63. The minimum Gasteiger partial charge on any atom is -0.465 e. The zero-order chi connectivity index (χ0) is 14.4. The van der Waals surface area contributed by atoms with Crippen LogP contribution in [0.2, 0.25) is 5.02 Å². The molecule has 0 fully saturated rings. The van der Waals surface area contributed by atoms with E-state index in [-0.39, 0.29) is 23.9 Å². The van der Waals surface area contributed by atoms with Gasteiger partial charge in [0.1, 0.15) is 0 Å². The molecule has 0 spiro atoms. The van der Waals surface area contributed by atoms with Gasteiger partial charge in [0, 0.05) is 17.5 Å². The first-order valence-corrected chi connectivity index (χ1v) is 6.29. The molecule has 1 aromatic carbocycles. The Hall–Kier alpha value is -1.59. The molecule has 1 unspecified atom stereocenters. The van der Waals surface area contributed by atoms with Gasteiger partial charge in [0.05, 0.1) is 18.4 Å². The highest BCUT2D eigenvalue weighted by Crippen LogP contribution is 2.22. The molecule has 0 radical (unpaired) electrons. The molecule has 5 nitrogen and oxygen atoms in total. The first-order chi connectivity index (χ1) is 8.97. The monoisotopic (exact) mass is 284 g/mol. The number of nitrogens with two attached hydrogens (primary N) is 1. The molecule has 0 heterocycles. The molecule has 1 rings (SSSR count). The SMILES string of the molecule is CCC(N)CC(=O)Nc1cc(Cl)ccc1C(=O)OC.